The van der Waals surface area contributed by atoms with Gasteiger partial charge in [-0.3, -0.25) is 9.69 Å². The minimum Gasteiger partial charge on any atom is -0.459 e. The highest BCUT2D eigenvalue weighted by Crippen LogP contribution is 2.18. The number of benzene rings is 1. The quantitative estimate of drug-likeness (QED) is 0.920. The molecule has 1 aromatic carbocycles. The first-order chi connectivity index (χ1) is 11.2. The van der Waals surface area contributed by atoms with Gasteiger partial charge in [0.25, 0.3) is 5.91 Å². The fourth-order valence-electron chi connectivity index (χ4n) is 3.13. The normalized spacial score (nSPS) is 18.7. The molecule has 1 saturated heterocycles. The van der Waals surface area contributed by atoms with E-state index < -0.39 is 0 Å². The van der Waals surface area contributed by atoms with Crippen LogP contribution in [-0.2, 0) is 13.1 Å². The number of hydrogen-bond acceptors (Lipinski definition) is 3. The number of rotatable bonds is 5. The zero-order valence-electron chi connectivity index (χ0n) is 13.6. The first-order valence-corrected chi connectivity index (χ1v) is 8.32. The Balaban J connectivity index is 1.50. The Morgan fingerprint density at radius 3 is 2.74 bits per heavy atom. The summed E-state index contributed by atoms with van der Waals surface area (Å²) in [7, 11) is 0. The molecule has 0 radical (unpaired) electrons. The summed E-state index contributed by atoms with van der Waals surface area (Å²) in [5, 5.41) is 2.86. The number of amides is 1. The lowest BCUT2D eigenvalue weighted by atomic mass is 9.99. The Kier molecular flexibility index (Phi) is 5.13. The summed E-state index contributed by atoms with van der Waals surface area (Å²) in [4.78, 5) is 14.4. The number of piperidine rings is 1. The van der Waals surface area contributed by atoms with E-state index in [-0.39, 0.29) is 5.91 Å². The van der Waals surface area contributed by atoms with Gasteiger partial charge in [0.15, 0.2) is 5.76 Å². The van der Waals surface area contributed by atoms with Crippen LogP contribution in [0.2, 0.25) is 0 Å². The second-order valence-corrected chi connectivity index (χ2v) is 6.46. The van der Waals surface area contributed by atoms with Gasteiger partial charge in [-0.15, -0.1) is 0 Å². The zero-order chi connectivity index (χ0) is 16.1. The fraction of sp³-hybridized carbons (Fsp3) is 0.421. The number of hydrogen-bond donors (Lipinski definition) is 1. The van der Waals surface area contributed by atoms with Crippen molar-refractivity contribution in [2.24, 2.45) is 5.92 Å². The fourth-order valence-corrected chi connectivity index (χ4v) is 3.13. The van der Waals surface area contributed by atoms with Crippen LogP contribution in [0.25, 0.3) is 0 Å². The molecule has 4 heteroatoms. The predicted molar refractivity (Wildman–Crippen MR) is 90.0 cm³/mol. The number of likely N-dealkylation sites (tertiary alicyclic amines) is 1. The molecule has 122 valence electrons. The van der Waals surface area contributed by atoms with E-state index in [1.165, 1.54) is 37.8 Å². The summed E-state index contributed by atoms with van der Waals surface area (Å²) in [5.74, 6) is 0.974. The molecule has 23 heavy (non-hydrogen) atoms. The molecule has 0 saturated carbocycles. The van der Waals surface area contributed by atoms with E-state index in [0.717, 1.165) is 18.0 Å². The molecule has 1 N–H and O–H groups in total. The lowest BCUT2D eigenvalue weighted by molar-refractivity contribution is 0.0923. The minimum atomic E-state index is -0.179. The molecule has 1 unspecified atom stereocenters. The Bertz CT molecular complexity index is 619. The van der Waals surface area contributed by atoms with E-state index in [9.17, 15) is 4.79 Å². The summed E-state index contributed by atoms with van der Waals surface area (Å²) in [5.41, 5.74) is 2.43. The molecule has 1 aromatic heterocycles. The van der Waals surface area contributed by atoms with E-state index in [4.69, 9.17) is 4.42 Å². The lowest BCUT2D eigenvalue weighted by Crippen LogP contribution is -2.33. The molecule has 1 atom stereocenters. The van der Waals surface area contributed by atoms with Crippen LogP contribution in [0, 0.1) is 5.92 Å². The van der Waals surface area contributed by atoms with Gasteiger partial charge >= 0.3 is 0 Å². The highest BCUT2D eigenvalue weighted by atomic mass is 16.3. The van der Waals surface area contributed by atoms with Crippen molar-refractivity contribution in [1.29, 1.82) is 0 Å². The molecule has 1 fully saturated rings. The number of furan rings is 1. The largest absolute Gasteiger partial charge is 0.459 e. The minimum absolute atomic E-state index is 0.179. The van der Waals surface area contributed by atoms with Gasteiger partial charge in [-0.25, -0.2) is 0 Å². The maximum atomic E-state index is 11.8. The van der Waals surface area contributed by atoms with Crippen molar-refractivity contribution in [3.8, 4) is 0 Å². The third-order valence-electron chi connectivity index (χ3n) is 4.37. The molecule has 1 amide bonds. The van der Waals surface area contributed by atoms with Crippen LogP contribution < -0.4 is 5.32 Å². The van der Waals surface area contributed by atoms with Crippen LogP contribution >= 0.6 is 0 Å². The third kappa shape index (κ3) is 4.45. The SMILES string of the molecule is CC1CCCN(Cc2ccc(CNC(=O)c3ccco3)cc2)C1. The molecule has 0 aliphatic carbocycles. The zero-order valence-corrected chi connectivity index (χ0v) is 13.6. The maximum absolute atomic E-state index is 11.8. The first kappa shape index (κ1) is 15.8. The average molecular weight is 312 g/mol. The summed E-state index contributed by atoms with van der Waals surface area (Å²) in [6.07, 6.45) is 4.16. The van der Waals surface area contributed by atoms with Gasteiger partial charge in [-0.2, -0.15) is 0 Å². The second-order valence-electron chi connectivity index (χ2n) is 6.46. The van der Waals surface area contributed by atoms with Crippen LogP contribution in [0.4, 0.5) is 0 Å². The van der Waals surface area contributed by atoms with E-state index in [2.05, 4.69) is 41.4 Å². The van der Waals surface area contributed by atoms with Crippen molar-refractivity contribution in [2.75, 3.05) is 13.1 Å². The van der Waals surface area contributed by atoms with Crippen molar-refractivity contribution in [1.82, 2.24) is 10.2 Å². The van der Waals surface area contributed by atoms with Crippen LogP contribution in [0.5, 0.6) is 0 Å². The van der Waals surface area contributed by atoms with Gasteiger partial charge in [0.05, 0.1) is 6.26 Å². The molecule has 1 aliphatic rings. The van der Waals surface area contributed by atoms with E-state index in [1.54, 1.807) is 12.1 Å². The molecule has 3 rings (SSSR count). The monoisotopic (exact) mass is 312 g/mol. The molecule has 0 spiro atoms. The Morgan fingerprint density at radius 2 is 2.04 bits per heavy atom. The average Bonchev–Trinajstić information content (AvgIpc) is 3.08. The molecule has 0 bridgehead atoms. The second kappa shape index (κ2) is 7.47. The van der Waals surface area contributed by atoms with Crippen LogP contribution in [0.15, 0.2) is 47.1 Å². The first-order valence-electron chi connectivity index (χ1n) is 8.32. The van der Waals surface area contributed by atoms with Crippen LogP contribution in [0.3, 0.4) is 0 Å². The number of carbonyl (C=O) groups excluding carboxylic acids is 1. The number of carbonyl (C=O) groups is 1. The molecular weight excluding hydrogens is 288 g/mol. The van der Waals surface area contributed by atoms with Crippen molar-refractivity contribution in [2.45, 2.75) is 32.9 Å². The van der Waals surface area contributed by atoms with E-state index in [1.807, 2.05) is 0 Å². The van der Waals surface area contributed by atoms with Crippen molar-refractivity contribution < 1.29 is 9.21 Å². The van der Waals surface area contributed by atoms with Gasteiger partial charge in [0.1, 0.15) is 0 Å². The summed E-state index contributed by atoms with van der Waals surface area (Å²) in [6.45, 7) is 6.26. The smallest absolute Gasteiger partial charge is 0.287 e. The summed E-state index contributed by atoms with van der Waals surface area (Å²) in [6, 6.07) is 11.9. The highest BCUT2D eigenvalue weighted by Gasteiger charge is 2.16. The van der Waals surface area contributed by atoms with Gasteiger partial charge < -0.3 is 9.73 Å². The molecule has 2 aromatic rings. The predicted octanol–water partition coefficient (Wildman–Crippen LogP) is 3.44. The van der Waals surface area contributed by atoms with Crippen LogP contribution in [-0.4, -0.2) is 23.9 Å². The standard InChI is InChI=1S/C19H24N2O2/c1-15-4-2-10-21(13-15)14-17-8-6-16(7-9-17)12-20-19(22)18-5-3-11-23-18/h3,5-9,11,15H,2,4,10,12-14H2,1H3,(H,20,22). The molecule has 4 nitrogen and oxygen atoms in total. The highest BCUT2D eigenvalue weighted by molar-refractivity contribution is 5.91. The Hall–Kier alpha value is -2.07. The number of nitrogens with one attached hydrogen (secondary N) is 1. The summed E-state index contributed by atoms with van der Waals surface area (Å²) >= 11 is 0. The van der Waals surface area contributed by atoms with Gasteiger partial charge in [-0.05, 0) is 48.6 Å². The Labute approximate surface area is 137 Å². The van der Waals surface area contributed by atoms with Crippen LogP contribution in [0.1, 0.15) is 41.4 Å². The molecule has 1 aliphatic heterocycles. The third-order valence-corrected chi connectivity index (χ3v) is 4.37. The van der Waals surface area contributed by atoms with Crippen molar-refractivity contribution in [3.05, 3.63) is 59.5 Å². The van der Waals surface area contributed by atoms with Crippen molar-refractivity contribution >= 4 is 5.91 Å². The number of nitrogens with zero attached hydrogens (tertiary/aromatic N) is 1. The molecular formula is C19H24N2O2. The van der Waals surface area contributed by atoms with Crippen molar-refractivity contribution in [3.63, 3.8) is 0 Å². The van der Waals surface area contributed by atoms with Gasteiger partial charge in [0.2, 0.25) is 0 Å². The van der Waals surface area contributed by atoms with Gasteiger partial charge in [0, 0.05) is 19.6 Å². The summed E-state index contributed by atoms with van der Waals surface area (Å²) < 4.78 is 5.08. The topological polar surface area (TPSA) is 45.5 Å². The Morgan fingerprint density at radius 1 is 1.26 bits per heavy atom. The lowest BCUT2D eigenvalue weighted by Gasteiger charge is -2.30. The van der Waals surface area contributed by atoms with E-state index >= 15 is 0 Å². The molecule has 2 heterocycles. The maximum Gasteiger partial charge on any atom is 0.287 e. The van der Waals surface area contributed by atoms with E-state index in [0.29, 0.717) is 12.3 Å². The van der Waals surface area contributed by atoms with Gasteiger partial charge in [-0.1, -0.05) is 31.2 Å².